The molecule has 9 heteroatoms. The number of guanidine groups is 1. The number of likely N-dealkylation sites (tertiary alicyclic amines) is 1. The molecule has 2 aliphatic heterocycles. The van der Waals surface area contributed by atoms with Gasteiger partial charge in [0, 0.05) is 37.2 Å². The maximum Gasteiger partial charge on any atom is 0.194 e. The fraction of sp³-hybridized carbons (Fsp3) is 0.632. The lowest BCUT2D eigenvalue weighted by molar-refractivity contribution is 0.462. The highest BCUT2D eigenvalue weighted by molar-refractivity contribution is 14.0. The minimum atomic E-state index is -2.93. The van der Waals surface area contributed by atoms with Crippen LogP contribution in [0.2, 0.25) is 0 Å². The Hall–Kier alpha value is -0.970. The molecule has 0 aromatic heterocycles. The molecule has 28 heavy (non-hydrogen) atoms. The number of rotatable bonds is 4. The molecule has 0 spiro atoms. The minimum absolute atomic E-state index is 0. The van der Waals surface area contributed by atoms with Gasteiger partial charge in [0.2, 0.25) is 0 Å². The highest BCUT2D eigenvalue weighted by Crippen LogP contribution is 2.31. The molecule has 3 rings (SSSR count). The lowest BCUT2D eigenvalue weighted by Gasteiger charge is -2.24. The van der Waals surface area contributed by atoms with E-state index in [4.69, 9.17) is 0 Å². The van der Waals surface area contributed by atoms with Gasteiger partial charge in [-0.15, -0.1) is 24.0 Å². The summed E-state index contributed by atoms with van der Waals surface area (Å²) in [6.07, 6.45) is 1.29. The van der Waals surface area contributed by atoms with Crippen LogP contribution in [-0.4, -0.2) is 56.5 Å². The third kappa shape index (κ3) is 5.77. The highest BCUT2D eigenvalue weighted by Gasteiger charge is 2.31. The van der Waals surface area contributed by atoms with Crippen LogP contribution < -0.4 is 5.32 Å². The van der Waals surface area contributed by atoms with Crippen LogP contribution in [0, 0.1) is 17.6 Å². The summed E-state index contributed by atoms with van der Waals surface area (Å²) in [4.78, 5) is 6.66. The molecular weight excluding hydrogens is 499 g/mol. The standard InChI is InChI=1S/C19H27F2N3O2S.HI/c1-13(2)23-19(22-10-14-7-9-27(25,26)12-14)24-8-6-15(11-24)18-16(20)4-3-5-17(18)21;/h3-5,13-15H,6-12H2,1-2H3,(H,22,23);1H. The largest absolute Gasteiger partial charge is 0.354 e. The number of hydrogen-bond acceptors (Lipinski definition) is 3. The molecule has 2 heterocycles. The molecule has 1 N–H and O–H groups in total. The second-order valence-electron chi connectivity index (χ2n) is 7.80. The van der Waals surface area contributed by atoms with Gasteiger partial charge in [-0.25, -0.2) is 17.2 Å². The van der Waals surface area contributed by atoms with E-state index in [2.05, 4.69) is 10.3 Å². The van der Waals surface area contributed by atoms with Gasteiger partial charge in [-0.05, 0) is 44.7 Å². The summed E-state index contributed by atoms with van der Waals surface area (Å²) in [6.45, 7) is 5.59. The lowest BCUT2D eigenvalue weighted by Crippen LogP contribution is -2.43. The Balaban J connectivity index is 0.00000280. The summed E-state index contributed by atoms with van der Waals surface area (Å²) >= 11 is 0. The number of halogens is 3. The summed E-state index contributed by atoms with van der Waals surface area (Å²) in [5.41, 5.74) is 0.144. The molecule has 1 aromatic rings. The van der Waals surface area contributed by atoms with Gasteiger partial charge in [-0.1, -0.05) is 6.07 Å². The van der Waals surface area contributed by atoms with E-state index in [1.807, 2.05) is 18.7 Å². The van der Waals surface area contributed by atoms with E-state index in [-0.39, 0.29) is 58.9 Å². The Morgan fingerprint density at radius 3 is 2.54 bits per heavy atom. The maximum atomic E-state index is 14.1. The minimum Gasteiger partial charge on any atom is -0.354 e. The van der Waals surface area contributed by atoms with E-state index >= 15 is 0 Å². The van der Waals surface area contributed by atoms with Crippen molar-refractivity contribution in [1.82, 2.24) is 10.2 Å². The fourth-order valence-electron chi connectivity index (χ4n) is 3.82. The quantitative estimate of drug-likeness (QED) is 0.372. The molecule has 158 valence electrons. The first kappa shape index (κ1) is 23.3. The number of benzene rings is 1. The predicted molar refractivity (Wildman–Crippen MR) is 118 cm³/mol. The van der Waals surface area contributed by atoms with Crippen LogP contribution in [0.15, 0.2) is 23.2 Å². The monoisotopic (exact) mass is 527 g/mol. The third-order valence-corrected chi connectivity index (χ3v) is 6.98. The average molecular weight is 527 g/mol. The van der Waals surface area contributed by atoms with Crippen molar-refractivity contribution >= 4 is 39.8 Å². The smallest absolute Gasteiger partial charge is 0.194 e. The number of sulfone groups is 1. The SMILES string of the molecule is CC(C)NC(=NCC1CCS(=O)(=O)C1)N1CCC(c2c(F)cccc2F)C1.I. The summed E-state index contributed by atoms with van der Waals surface area (Å²) in [5.74, 6) is -0.0821. The second kappa shape index (κ2) is 9.69. The first-order valence-electron chi connectivity index (χ1n) is 9.45. The summed E-state index contributed by atoms with van der Waals surface area (Å²) in [5, 5.41) is 3.31. The zero-order chi connectivity index (χ0) is 19.6. The van der Waals surface area contributed by atoms with Crippen LogP contribution >= 0.6 is 24.0 Å². The summed E-state index contributed by atoms with van der Waals surface area (Å²) in [7, 11) is -2.93. The van der Waals surface area contributed by atoms with E-state index in [0.29, 0.717) is 38.4 Å². The van der Waals surface area contributed by atoms with Crippen molar-refractivity contribution in [3.8, 4) is 0 Å². The molecule has 1 aromatic carbocycles. The van der Waals surface area contributed by atoms with Crippen LogP contribution in [-0.2, 0) is 9.84 Å². The average Bonchev–Trinajstić information content (AvgIpc) is 3.18. The van der Waals surface area contributed by atoms with Gasteiger partial charge in [-0.2, -0.15) is 0 Å². The zero-order valence-electron chi connectivity index (χ0n) is 16.2. The van der Waals surface area contributed by atoms with Crippen LogP contribution in [0.25, 0.3) is 0 Å². The van der Waals surface area contributed by atoms with Crippen LogP contribution in [0.1, 0.15) is 38.2 Å². The van der Waals surface area contributed by atoms with Gasteiger partial charge in [0.05, 0.1) is 11.5 Å². The van der Waals surface area contributed by atoms with Crippen molar-refractivity contribution in [3.63, 3.8) is 0 Å². The third-order valence-electron chi connectivity index (χ3n) is 5.14. The molecule has 0 aliphatic carbocycles. The van der Waals surface area contributed by atoms with Crippen molar-refractivity contribution in [2.75, 3.05) is 31.1 Å². The predicted octanol–water partition coefficient (Wildman–Crippen LogP) is 3.16. The number of aliphatic imine (C=N–C) groups is 1. The molecule has 0 saturated carbocycles. The molecule has 2 unspecified atom stereocenters. The molecule has 0 radical (unpaired) electrons. The van der Waals surface area contributed by atoms with Gasteiger partial charge in [0.15, 0.2) is 15.8 Å². The van der Waals surface area contributed by atoms with E-state index < -0.39 is 21.5 Å². The number of nitrogens with one attached hydrogen (secondary N) is 1. The van der Waals surface area contributed by atoms with E-state index in [1.165, 1.54) is 18.2 Å². The summed E-state index contributed by atoms with van der Waals surface area (Å²) in [6, 6.07) is 4.12. The van der Waals surface area contributed by atoms with Crippen molar-refractivity contribution in [3.05, 3.63) is 35.4 Å². The van der Waals surface area contributed by atoms with Gasteiger partial charge in [0.25, 0.3) is 0 Å². The first-order valence-corrected chi connectivity index (χ1v) is 11.3. The normalized spacial score (nSPS) is 24.5. The van der Waals surface area contributed by atoms with Gasteiger partial charge < -0.3 is 10.2 Å². The molecule has 2 saturated heterocycles. The Morgan fingerprint density at radius 1 is 1.29 bits per heavy atom. The Morgan fingerprint density at radius 2 is 1.96 bits per heavy atom. The molecule has 2 atom stereocenters. The molecule has 5 nitrogen and oxygen atoms in total. The Kier molecular flexibility index (Phi) is 8.06. The van der Waals surface area contributed by atoms with Crippen molar-refractivity contribution in [2.24, 2.45) is 10.9 Å². The van der Waals surface area contributed by atoms with E-state index in [9.17, 15) is 17.2 Å². The van der Waals surface area contributed by atoms with Crippen LogP contribution in [0.4, 0.5) is 8.78 Å². The Labute approximate surface area is 182 Å². The highest BCUT2D eigenvalue weighted by atomic mass is 127. The first-order chi connectivity index (χ1) is 12.7. The van der Waals surface area contributed by atoms with Crippen molar-refractivity contribution in [1.29, 1.82) is 0 Å². The van der Waals surface area contributed by atoms with E-state index in [1.54, 1.807) is 0 Å². The van der Waals surface area contributed by atoms with E-state index in [0.717, 1.165) is 0 Å². The lowest BCUT2D eigenvalue weighted by atomic mass is 9.97. The molecule has 2 aliphatic rings. The Bertz CT molecular complexity index is 797. The number of nitrogens with zero attached hydrogens (tertiary/aromatic N) is 2. The van der Waals surface area contributed by atoms with Crippen LogP contribution in [0.5, 0.6) is 0 Å². The van der Waals surface area contributed by atoms with Crippen molar-refractivity contribution in [2.45, 2.75) is 38.6 Å². The molecular formula is C19H28F2IN3O2S. The molecule has 0 amide bonds. The second-order valence-corrected chi connectivity index (χ2v) is 10.0. The maximum absolute atomic E-state index is 14.1. The topological polar surface area (TPSA) is 61.8 Å². The number of hydrogen-bond donors (Lipinski definition) is 1. The molecule has 2 fully saturated rings. The zero-order valence-corrected chi connectivity index (χ0v) is 19.3. The van der Waals surface area contributed by atoms with Crippen LogP contribution in [0.3, 0.4) is 0 Å². The molecule has 0 bridgehead atoms. The van der Waals surface area contributed by atoms with Gasteiger partial charge >= 0.3 is 0 Å². The van der Waals surface area contributed by atoms with Gasteiger partial charge in [0.1, 0.15) is 11.6 Å². The van der Waals surface area contributed by atoms with Gasteiger partial charge in [-0.3, -0.25) is 4.99 Å². The summed E-state index contributed by atoms with van der Waals surface area (Å²) < 4.78 is 51.5. The van der Waals surface area contributed by atoms with Crippen molar-refractivity contribution < 1.29 is 17.2 Å². The fourth-order valence-corrected chi connectivity index (χ4v) is 5.67.